The first-order valence-corrected chi connectivity index (χ1v) is 7.84. The molecule has 0 aromatic carbocycles. The molecule has 0 saturated carbocycles. The zero-order chi connectivity index (χ0) is 17.5. The van der Waals surface area contributed by atoms with Gasteiger partial charge in [0.15, 0.2) is 0 Å². The Labute approximate surface area is 137 Å². The largest absolute Gasteiger partial charge is 0.444 e. The molecule has 0 aliphatic carbocycles. The molecule has 0 unspecified atom stereocenters. The lowest BCUT2D eigenvalue weighted by Crippen LogP contribution is -2.46. The number of hydrogen-bond acceptors (Lipinski definition) is 5. The maximum atomic E-state index is 12.2. The summed E-state index contributed by atoms with van der Waals surface area (Å²) in [5, 5.41) is 11.6. The lowest BCUT2D eigenvalue weighted by atomic mass is 10.1. The highest BCUT2D eigenvalue weighted by Crippen LogP contribution is 2.12. The number of amides is 2. The average molecular weight is 322 g/mol. The molecule has 1 aliphatic heterocycles. The molecule has 1 rings (SSSR count). The minimum absolute atomic E-state index is 0.207. The summed E-state index contributed by atoms with van der Waals surface area (Å²) >= 11 is 0. The molecule has 7 nitrogen and oxygen atoms in total. The van der Waals surface area contributed by atoms with Crippen LogP contribution in [-0.4, -0.2) is 47.7 Å². The van der Waals surface area contributed by atoms with Gasteiger partial charge in [0.2, 0.25) is 5.91 Å². The number of carbonyl (C=O) groups excluding carboxylic acids is 2. The number of nitriles is 1. The lowest BCUT2D eigenvalue weighted by molar-refractivity contribution is -0.132. The smallest absolute Gasteiger partial charge is 0.407 e. The molecule has 0 spiro atoms. The maximum absolute atomic E-state index is 12.2. The molecule has 3 N–H and O–H groups in total. The first kappa shape index (κ1) is 19.0. The van der Waals surface area contributed by atoms with E-state index in [9.17, 15) is 9.59 Å². The Balaban J connectivity index is 2.19. The van der Waals surface area contributed by atoms with Gasteiger partial charge in [-0.15, -0.1) is 0 Å². The molecule has 7 heteroatoms. The standard InChI is InChI=1S/C16H26N4O3/c1-16(2,3)23-15(22)19-9-5-4-8-13(18)14(21)20-10-6-7-12(20)11-17/h6-7,12-13H,4-5,8-10,18H2,1-3H3,(H,19,22)/t12-,13-/m0/s1. The molecular weight excluding hydrogens is 296 g/mol. The second kappa shape index (κ2) is 8.53. The van der Waals surface area contributed by atoms with Crippen molar-refractivity contribution in [1.82, 2.24) is 10.2 Å². The Morgan fingerprint density at radius 2 is 2.17 bits per heavy atom. The fourth-order valence-corrected chi connectivity index (χ4v) is 2.19. The van der Waals surface area contributed by atoms with E-state index in [0.717, 1.165) is 0 Å². The minimum Gasteiger partial charge on any atom is -0.444 e. The van der Waals surface area contributed by atoms with Crippen molar-refractivity contribution in [1.29, 1.82) is 5.26 Å². The summed E-state index contributed by atoms with van der Waals surface area (Å²) < 4.78 is 5.12. The predicted molar refractivity (Wildman–Crippen MR) is 86.3 cm³/mol. The van der Waals surface area contributed by atoms with E-state index in [1.165, 1.54) is 4.90 Å². The predicted octanol–water partition coefficient (Wildman–Crippen LogP) is 1.30. The third-order valence-corrected chi connectivity index (χ3v) is 3.30. The van der Waals surface area contributed by atoms with Crippen molar-refractivity contribution in [2.75, 3.05) is 13.1 Å². The van der Waals surface area contributed by atoms with Crippen LogP contribution in [0.1, 0.15) is 40.0 Å². The Hall–Kier alpha value is -2.07. The number of hydrogen-bond donors (Lipinski definition) is 2. The molecule has 2 amide bonds. The van der Waals surface area contributed by atoms with Gasteiger partial charge in [0.25, 0.3) is 0 Å². The van der Waals surface area contributed by atoms with Gasteiger partial charge in [-0.25, -0.2) is 4.79 Å². The molecular formula is C16H26N4O3. The van der Waals surface area contributed by atoms with Crippen LogP contribution in [0.15, 0.2) is 12.2 Å². The molecule has 0 saturated heterocycles. The third-order valence-electron chi connectivity index (χ3n) is 3.30. The number of nitrogens with two attached hydrogens (primary N) is 1. The molecule has 1 heterocycles. The van der Waals surface area contributed by atoms with Crippen LogP contribution in [-0.2, 0) is 9.53 Å². The van der Waals surface area contributed by atoms with Gasteiger partial charge in [-0.05, 0) is 46.1 Å². The second-order valence-electron chi connectivity index (χ2n) is 6.52. The van der Waals surface area contributed by atoms with Crippen LogP contribution < -0.4 is 11.1 Å². The van der Waals surface area contributed by atoms with Crippen LogP contribution in [0.2, 0.25) is 0 Å². The molecule has 1 aliphatic rings. The first-order chi connectivity index (χ1) is 10.7. The van der Waals surface area contributed by atoms with Crippen LogP contribution in [0.4, 0.5) is 4.79 Å². The number of alkyl carbamates (subject to hydrolysis) is 1. The fraction of sp³-hybridized carbons (Fsp3) is 0.688. The zero-order valence-corrected chi connectivity index (χ0v) is 14.0. The van der Waals surface area contributed by atoms with Crippen molar-refractivity contribution in [2.45, 2.75) is 57.7 Å². The molecule has 0 bridgehead atoms. The quantitative estimate of drug-likeness (QED) is 0.566. The Bertz CT molecular complexity index is 491. The topological polar surface area (TPSA) is 108 Å². The zero-order valence-electron chi connectivity index (χ0n) is 14.0. The van der Waals surface area contributed by atoms with Crippen LogP contribution in [0.3, 0.4) is 0 Å². The van der Waals surface area contributed by atoms with Gasteiger partial charge in [-0.2, -0.15) is 5.26 Å². The molecule has 0 fully saturated rings. The van der Waals surface area contributed by atoms with E-state index < -0.39 is 23.8 Å². The third kappa shape index (κ3) is 6.70. The summed E-state index contributed by atoms with van der Waals surface area (Å²) in [6, 6.07) is 0.929. The van der Waals surface area contributed by atoms with Gasteiger partial charge in [0, 0.05) is 13.1 Å². The number of carbonyl (C=O) groups is 2. The number of rotatable bonds is 6. The monoisotopic (exact) mass is 322 g/mol. The lowest BCUT2D eigenvalue weighted by Gasteiger charge is -2.23. The Morgan fingerprint density at radius 1 is 1.48 bits per heavy atom. The van der Waals surface area contributed by atoms with Crippen LogP contribution in [0.5, 0.6) is 0 Å². The summed E-state index contributed by atoms with van der Waals surface area (Å²) in [6.07, 6.45) is 4.99. The van der Waals surface area contributed by atoms with Crippen molar-refractivity contribution in [3.05, 3.63) is 12.2 Å². The molecule has 23 heavy (non-hydrogen) atoms. The summed E-state index contributed by atoms with van der Waals surface area (Å²) in [5.74, 6) is -0.207. The van der Waals surface area contributed by atoms with E-state index in [0.29, 0.717) is 32.4 Å². The fourth-order valence-electron chi connectivity index (χ4n) is 2.19. The SMILES string of the molecule is CC(C)(C)OC(=O)NCCCC[C@H](N)C(=O)N1CC=C[C@H]1C#N. The van der Waals surface area contributed by atoms with Crippen molar-refractivity contribution in [3.63, 3.8) is 0 Å². The number of unbranched alkanes of at least 4 members (excludes halogenated alkanes) is 1. The van der Waals surface area contributed by atoms with E-state index in [-0.39, 0.29) is 5.91 Å². The average Bonchev–Trinajstić information content (AvgIpc) is 2.92. The van der Waals surface area contributed by atoms with E-state index in [2.05, 4.69) is 11.4 Å². The van der Waals surface area contributed by atoms with Crippen molar-refractivity contribution < 1.29 is 14.3 Å². The molecule has 2 atom stereocenters. The van der Waals surface area contributed by atoms with Gasteiger partial charge < -0.3 is 20.7 Å². The number of ether oxygens (including phenoxy) is 1. The molecule has 128 valence electrons. The number of nitrogens with zero attached hydrogens (tertiary/aromatic N) is 2. The van der Waals surface area contributed by atoms with E-state index in [1.807, 2.05) is 0 Å². The van der Waals surface area contributed by atoms with Gasteiger partial charge >= 0.3 is 6.09 Å². The summed E-state index contributed by atoms with van der Waals surface area (Å²) in [7, 11) is 0. The van der Waals surface area contributed by atoms with Crippen LogP contribution in [0, 0.1) is 11.3 Å². The molecule has 0 aromatic rings. The summed E-state index contributed by atoms with van der Waals surface area (Å²) in [4.78, 5) is 25.1. The van der Waals surface area contributed by atoms with E-state index in [1.54, 1.807) is 32.9 Å². The highest BCUT2D eigenvalue weighted by molar-refractivity contribution is 5.83. The highest BCUT2D eigenvalue weighted by atomic mass is 16.6. The first-order valence-electron chi connectivity index (χ1n) is 7.84. The van der Waals surface area contributed by atoms with Crippen LogP contribution >= 0.6 is 0 Å². The number of nitrogens with one attached hydrogen (secondary N) is 1. The minimum atomic E-state index is -0.618. The van der Waals surface area contributed by atoms with Gasteiger partial charge in [0.05, 0.1) is 12.1 Å². The normalized spacial score (nSPS) is 18.4. The highest BCUT2D eigenvalue weighted by Gasteiger charge is 2.28. The maximum Gasteiger partial charge on any atom is 0.407 e. The Morgan fingerprint density at radius 3 is 2.78 bits per heavy atom. The van der Waals surface area contributed by atoms with Gasteiger partial charge in [0.1, 0.15) is 11.6 Å². The van der Waals surface area contributed by atoms with Crippen LogP contribution in [0.25, 0.3) is 0 Å². The van der Waals surface area contributed by atoms with Gasteiger partial charge in [-0.3, -0.25) is 4.79 Å². The van der Waals surface area contributed by atoms with Crippen molar-refractivity contribution >= 4 is 12.0 Å². The summed E-state index contributed by atoms with van der Waals surface area (Å²) in [5.41, 5.74) is 5.38. The second-order valence-corrected chi connectivity index (χ2v) is 6.52. The van der Waals surface area contributed by atoms with E-state index >= 15 is 0 Å². The molecule has 0 aromatic heterocycles. The van der Waals surface area contributed by atoms with Crippen molar-refractivity contribution in [3.8, 4) is 6.07 Å². The van der Waals surface area contributed by atoms with E-state index in [4.69, 9.17) is 15.7 Å². The van der Waals surface area contributed by atoms with Crippen molar-refractivity contribution in [2.24, 2.45) is 5.73 Å². The molecule has 0 radical (unpaired) electrons. The Kier molecular flexibility index (Phi) is 7.04. The summed E-state index contributed by atoms with van der Waals surface area (Å²) in [6.45, 7) is 6.32. The van der Waals surface area contributed by atoms with Gasteiger partial charge in [-0.1, -0.05) is 6.08 Å².